The smallest absolute Gasteiger partial charge is 0.148 e. The van der Waals surface area contributed by atoms with Crippen molar-refractivity contribution >= 4 is 41.1 Å². The Bertz CT molecular complexity index is 905. The lowest BCUT2D eigenvalue weighted by Crippen LogP contribution is -2.64. The predicted octanol–water partition coefficient (Wildman–Crippen LogP) is 4.92. The molecule has 0 aliphatic rings. The van der Waals surface area contributed by atoms with Crippen LogP contribution in [0.4, 0.5) is 0 Å². The van der Waals surface area contributed by atoms with Crippen LogP contribution in [0.25, 0.3) is 10.9 Å². The first-order chi connectivity index (χ1) is 11.8. The minimum Gasteiger partial charge on any atom is -0.508 e. The summed E-state index contributed by atoms with van der Waals surface area (Å²) in [7, 11) is -0.0852. The lowest BCUT2D eigenvalue weighted by atomic mass is 10.2. The van der Waals surface area contributed by atoms with Gasteiger partial charge in [-0.25, -0.2) is 0 Å². The van der Waals surface area contributed by atoms with Crippen molar-refractivity contribution in [3.8, 4) is 5.75 Å². The van der Waals surface area contributed by atoms with E-state index in [9.17, 15) is 5.11 Å². The standard InChI is InChI=1S/C21H26ClNOSi/c1-14(2)25(15(3)4,20-9-7-6-8-19(20)24)21-13-16-12-17(22)10-11-18(16)23(21)5/h6-15,24H,1-5H3. The Morgan fingerprint density at radius 1 is 0.960 bits per heavy atom. The van der Waals surface area contributed by atoms with Crippen LogP contribution in [0, 0.1) is 0 Å². The van der Waals surface area contributed by atoms with E-state index in [-0.39, 0.29) is 0 Å². The van der Waals surface area contributed by atoms with Crippen molar-refractivity contribution < 1.29 is 5.11 Å². The molecule has 25 heavy (non-hydrogen) atoms. The molecule has 0 fully saturated rings. The van der Waals surface area contributed by atoms with Crippen LogP contribution in [0.5, 0.6) is 5.75 Å². The number of fused-ring (bicyclic) bond motifs is 1. The van der Waals surface area contributed by atoms with Crippen molar-refractivity contribution in [3.63, 3.8) is 0 Å². The van der Waals surface area contributed by atoms with E-state index in [0.29, 0.717) is 16.8 Å². The fourth-order valence-electron chi connectivity index (χ4n) is 4.56. The normalized spacial score (nSPS) is 12.5. The van der Waals surface area contributed by atoms with E-state index in [1.165, 1.54) is 16.2 Å². The molecule has 0 amide bonds. The van der Waals surface area contributed by atoms with Crippen LogP contribution in [0.1, 0.15) is 27.7 Å². The van der Waals surface area contributed by atoms with Gasteiger partial charge in [-0.15, -0.1) is 0 Å². The average Bonchev–Trinajstić information content (AvgIpc) is 2.86. The molecular formula is C21H26ClNOSi. The van der Waals surface area contributed by atoms with Crippen molar-refractivity contribution in [2.24, 2.45) is 7.05 Å². The Labute approximate surface area is 156 Å². The molecule has 1 aromatic heterocycles. The second-order valence-electron chi connectivity index (χ2n) is 7.49. The summed E-state index contributed by atoms with van der Waals surface area (Å²) >= 11 is 6.22. The van der Waals surface area contributed by atoms with Crippen molar-refractivity contribution in [2.45, 2.75) is 38.8 Å². The highest BCUT2D eigenvalue weighted by Gasteiger charge is 2.47. The molecule has 2 nitrogen and oxygen atoms in total. The minimum absolute atomic E-state index is 0.417. The number of aromatic nitrogens is 1. The number of phenolic OH excluding ortho intramolecular Hbond substituents is 1. The number of hydrogen-bond donors (Lipinski definition) is 1. The van der Waals surface area contributed by atoms with Gasteiger partial charge in [0.05, 0.1) is 0 Å². The maximum absolute atomic E-state index is 10.7. The number of aryl methyl sites for hydroxylation is 1. The third kappa shape index (κ3) is 2.70. The number of aromatic hydroxyl groups is 1. The number of hydrogen-bond acceptors (Lipinski definition) is 1. The summed E-state index contributed by atoms with van der Waals surface area (Å²) in [6.07, 6.45) is 0. The van der Waals surface area contributed by atoms with Crippen molar-refractivity contribution in [2.75, 3.05) is 0 Å². The van der Waals surface area contributed by atoms with Gasteiger partial charge in [-0.05, 0) is 46.6 Å². The summed E-state index contributed by atoms with van der Waals surface area (Å²) < 4.78 is 2.31. The quantitative estimate of drug-likeness (QED) is 0.647. The number of para-hydroxylation sites is 1. The summed E-state index contributed by atoms with van der Waals surface area (Å²) in [6.45, 7) is 9.18. The zero-order chi connectivity index (χ0) is 18.4. The molecule has 0 unspecified atom stereocenters. The van der Waals surface area contributed by atoms with Crippen LogP contribution < -0.4 is 10.5 Å². The van der Waals surface area contributed by atoms with E-state index in [0.717, 1.165) is 10.2 Å². The van der Waals surface area contributed by atoms with Crippen LogP contribution >= 0.6 is 11.6 Å². The Morgan fingerprint density at radius 3 is 2.20 bits per heavy atom. The molecule has 0 spiro atoms. The molecule has 3 aromatic rings. The monoisotopic (exact) mass is 371 g/mol. The van der Waals surface area contributed by atoms with Gasteiger partial charge in [0, 0.05) is 28.3 Å². The van der Waals surface area contributed by atoms with Gasteiger partial charge in [0.2, 0.25) is 0 Å². The first-order valence-electron chi connectivity index (χ1n) is 8.84. The molecule has 2 aromatic carbocycles. The van der Waals surface area contributed by atoms with Crippen LogP contribution in [0.15, 0.2) is 48.5 Å². The van der Waals surface area contributed by atoms with Gasteiger partial charge in [-0.3, -0.25) is 0 Å². The molecule has 0 aliphatic carbocycles. The highest BCUT2D eigenvalue weighted by Crippen LogP contribution is 2.35. The third-order valence-corrected chi connectivity index (χ3v) is 12.1. The van der Waals surface area contributed by atoms with Gasteiger partial charge in [0.15, 0.2) is 0 Å². The number of rotatable bonds is 4. The molecule has 132 valence electrons. The third-order valence-electron chi connectivity index (χ3n) is 5.60. The van der Waals surface area contributed by atoms with Gasteiger partial charge in [0.25, 0.3) is 0 Å². The Kier molecular flexibility index (Phi) is 4.73. The van der Waals surface area contributed by atoms with E-state index < -0.39 is 8.07 Å². The van der Waals surface area contributed by atoms with Crippen molar-refractivity contribution in [3.05, 3.63) is 53.6 Å². The fraction of sp³-hybridized carbons (Fsp3) is 0.333. The molecule has 0 bridgehead atoms. The van der Waals surface area contributed by atoms with E-state index >= 15 is 0 Å². The summed E-state index contributed by atoms with van der Waals surface area (Å²) in [5, 5.41) is 15.1. The van der Waals surface area contributed by atoms with Crippen LogP contribution in [0.2, 0.25) is 16.1 Å². The zero-order valence-electron chi connectivity index (χ0n) is 15.5. The summed E-state index contributed by atoms with van der Waals surface area (Å²) in [4.78, 5) is 0. The molecule has 1 N–H and O–H groups in total. The second kappa shape index (κ2) is 6.54. The molecule has 0 saturated heterocycles. The van der Waals surface area contributed by atoms with Crippen molar-refractivity contribution in [1.29, 1.82) is 0 Å². The second-order valence-corrected chi connectivity index (χ2v) is 13.0. The Hall–Kier alpha value is -1.71. The van der Waals surface area contributed by atoms with Gasteiger partial charge in [-0.2, -0.15) is 0 Å². The Balaban J connectivity index is 2.41. The molecule has 0 saturated carbocycles. The molecule has 0 radical (unpaired) electrons. The number of phenols is 1. The van der Waals surface area contributed by atoms with E-state index in [1.807, 2.05) is 30.3 Å². The zero-order valence-corrected chi connectivity index (χ0v) is 17.3. The van der Waals surface area contributed by atoms with Gasteiger partial charge < -0.3 is 9.67 Å². The average molecular weight is 372 g/mol. The largest absolute Gasteiger partial charge is 0.508 e. The summed E-state index contributed by atoms with van der Waals surface area (Å²) in [5.41, 5.74) is 2.08. The summed E-state index contributed by atoms with van der Waals surface area (Å²) in [5.74, 6) is 0.417. The SMILES string of the molecule is CC(C)[Si](c1ccccc1O)(c1cc2cc(Cl)ccc2n1C)C(C)C. The predicted molar refractivity (Wildman–Crippen MR) is 111 cm³/mol. The topological polar surface area (TPSA) is 25.2 Å². The van der Waals surface area contributed by atoms with Crippen molar-refractivity contribution in [1.82, 2.24) is 4.57 Å². The molecule has 0 atom stereocenters. The number of halogens is 1. The van der Waals surface area contributed by atoms with Gasteiger partial charge >= 0.3 is 0 Å². The van der Waals surface area contributed by atoms with Crippen LogP contribution in [0.3, 0.4) is 0 Å². The van der Waals surface area contributed by atoms with E-state index in [1.54, 1.807) is 0 Å². The lowest BCUT2D eigenvalue weighted by molar-refractivity contribution is 0.479. The fourth-order valence-corrected chi connectivity index (χ4v) is 10.7. The maximum atomic E-state index is 10.7. The number of benzene rings is 2. The van der Waals surface area contributed by atoms with Crippen LogP contribution in [-0.4, -0.2) is 17.7 Å². The molecule has 4 heteroatoms. The first kappa shape index (κ1) is 18.1. The first-order valence-corrected chi connectivity index (χ1v) is 11.4. The Morgan fingerprint density at radius 2 is 1.60 bits per heavy atom. The lowest BCUT2D eigenvalue weighted by Gasteiger charge is -2.40. The highest BCUT2D eigenvalue weighted by atomic mass is 35.5. The maximum Gasteiger partial charge on any atom is 0.148 e. The van der Waals surface area contributed by atoms with E-state index in [4.69, 9.17) is 11.6 Å². The molecule has 3 rings (SSSR count). The molecule has 1 heterocycles. The summed E-state index contributed by atoms with van der Waals surface area (Å²) in [6, 6.07) is 16.2. The van der Waals surface area contributed by atoms with Gasteiger partial charge in [0.1, 0.15) is 13.8 Å². The molecular weight excluding hydrogens is 346 g/mol. The highest BCUT2D eigenvalue weighted by molar-refractivity contribution is 7.04. The van der Waals surface area contributed by atoms with Gasteiger partial charge in [-0.1, -0.05) is 57.5 Å². The van der Waals surface area contributed by atoms with E-state index in [2.05, 4.69) is 57.5 Å². The molecule has 0 aliphatic heterocycles. The van der Waals surface area contributed by atoms with Crippen LogP contribution in [-0.2, 0) is 7.05 Å². The number of nitrogens with zero attached hydrogens (tertiary/aromatic N) is 1. The minimum atomic E-state index is -2.22.